The minimum atomic E-state index is -0.300. The van der Waals surface area contributed by atoms with Gasteiger partial charge in [0.05, 0.1) is 5.02 Å². The molecule has 0 heterocycles. The van der Waals surface area contributed by atoms with Crippen LogP contribution in [0.5, 0.6) is 5.75 Å². The number of benzene rings is 2. The summed E-state index contributed by atoms with van der Waals surface area (Å²) in [6.45, 7) is 0.860. The highest BCUT2D eigenvalue weighted by Gasteiger charge is 2.11. The standard InChI is InChI=1S/C15H13BrCl2FNO/c1-20-7-10-4-11(17)5-14(18)15(10)21-8-9-2-3-12(19)6-13(9)16/h2-6,20H,7-8H2,1H3. The van der Waals surface area contributed by atoms with Crippen molar-refractivity contribution in [2.75, 3.05) is 7.05 Å². The van der Waals surface area contributed by atoms with Gasteiger partial charge in [-0.2, -0.15) is 0 Å². The third kappa shape index (κ3) is 4.33. The maximum atomic E-state index is 13.1. The van der Waals surface area contributed by atoms with Crippen molar-refractivity contribution in [1.82, 2.24) is 5.32 Å². The first kappa shape index (κ1) is 16.6. The second kappa shape index (κ2) is 7.45. The molecule has 0 saturated heterocycles. The first-order chi connectivity index (χ1) is 10.0. The molecule has 0 saturated carbocycles. The van der Waals surface area contributed by atoms with E-state index in [1.807, 2.05) is 7.05 Å². The van der Waals surface area contributed by atoms with E-state index < -0.39 is 0 Å². The summed E-state index contributed by atoms with van der Waals surface area (Å²) in [4.78, 5) is 0. The Labute approximate surface area is 141 Å². The monoisotopic (exact) mass is 391 g/mol. The maximum absolute atomic E-state index is 13.1. The van der Waals surface area contributed by atoms with Crippen LogP contribution in [0.2, 0.25) is 10.0 Å². The van der Waals surface area contributed by atoms with Crippen LogP contribution >= 0.6 is 39.1 Å². The number of hydrogen-bond donors (Lipinski definition) is 1. The molecule has 0 aliphatic rings. The second-order valence-electron chi connectivity index (χ2n) is 4.43. The van der Waals surface area contributed by atoms with Crippen molar-refractivity contribution in [2.45, 2.75) is 13.2 Å². The lowest BCUT2D eigenvalue weighted by atomic mass is 10.2. The van der Waals surface area contributed by atoms with Gasteiger partial charge < -0.3 is 10.1 Å². The van der Waals surface area contributed by atoms with Gasteiger partial charge >= 0.3 is 0 Å². The average molecular weight is 393 g/mol. The molecule has 2 nitrogen and oxygen atoms in total. The molecule has 2 rings (SSSR count). The zero-order chi connectivity index (χ0) is 15.4. The molecule has 1 N–H and O–H groups in total. The molecule has 21 heavy (non-hydrogen) atoms. The Morgan fingerprint density at radius 3 is 2.62 bits per heavy atom. The van der Waals surface area contributed by atoms with Gasteiger partial charge in [-0.15, -0.1) is 0 Å². The predicted molar refractivity (Wildman–Crippen MR) is 87.7 cm³/mol. The van der Waals surface area contributed by atoms with Gasteiger partial charge in [-0.05, 0) is 31.3 Å². The highest BCUT2D eigenvalue weighted by Crippen LogP contribution is 2.33. The van der Waals surface area contributed by atoms with Crippen molar-refractivity contribution in [1.29, 1.82) is 0 Å². The molecule has 0 spiro atoms. The molecule has 0 fully saturated rings. The fourth-order valence-corrected chi connectivity index (χ4v) is 2.94. The fraction of sp³-hybridized carbons (Fsp3) is 0.200. The van der Waals surface area contributed by atoms with Crippen LogP contribution in [-0.2, 0) is 13.2 Å². The molecule has 0 unspecified atom stereocenters. The summed E-state index contributed by atoms with van der Waals surface area (Å²) in [5.41, 5.74) is 1.70. The molecule has 0 aromatic heterocycles. The van der Waals surface area contributed by atoms with E-state index in [0.29, 0.717) is 26.8 Å². The average Bonchev–Trinajstić information content (AvgIpc) is 2.40. The molecule has 0 aliphatic heterocycles. The van der Waals surface area contributed by atoms with Gasteiger partial charge in [0, 0.05) is 27.2 Å². The van der Waals surface area contributed by atoms with E-state index in [2.05, 4.69) is 21.2 Å². The molecule has 0 bridgehead atoms. The number of rotatable bonds is 5. The predicted octanol–water partition coefficient (Wildman–Crippen LogP) is 5.19. The lowest BCUT2D eigenvalue weighted by Gasteiger charge is -2.14. The van der Waals surface area contributed by atoms with Gasteiger partial charge in [0.25, 0.3) is 0 Å². The van der Waals surface area contributed by atoms with Crippen LogP contribution in [0, 0.1) is 5.82 Å². The van der Waals surface area contributed by atoms with Crippen LogP contribution in [-0.4, -0.2) is 7.05 Å². The van der Waals surface area contributed by atoms with Crippen molar-refractivity contribution in [3.8, 4) is 5.75 Å². The van der Waals surface area contributed by atoms with Crippen LogP contribution in [0.4, 0.5) is 4.39 Å². The highest BCUT2D eigenvalue weighted by atomic mass is 79.9. The quantitative estimate of drug-likeness (QED) is 0.755. The third-order valence-corrected chi connectivity index (χ3v) is 4.08. The number of ether oxygens (including phenoxy) is 1. The number of nitrogens with one attached hydrogen (secondary N) is 1. The summed E-state index contributed by atoms with van der Waals surface area (Å²) >= 11 is 15.5. The lowest BCUT2D eigenvalue weighted by molar-refractivity contribution is 0.301. The van der Waals surface area contributed by atoms with Crippen LogP contribution < -0.4 is 10.1 Å². The summed E-state index contributed by atoms with van der Waals surface area (Å²) in [5.74, 6) is 0.276. The molecular formula is C15H13BrCl2FNO. The minimum absolute atomic E-state index is 0.277. The largest absolute Gasteiger partial charge is 0.487 e. The number of halogens is 4. The summed E-state index contributed by atoms with van der Waals surface area (Å²) in [6, 6.07) is 7.90. The Bertz CT molecular complexity index is 652. The van der Waals surface area contributed by atoms with Crippen molar-refractivity contribution >= 4 is 39.1 Å². The van der Waals surface area contributed by atoms with Crippen molar-refractivity contribution in [2.24, 2.45) is 0 Å². The van der Waals surface area contributed by atoms with Crippen molar-refractivity contribution in [3.63, 3.8) is 0 Å². The van der Waals surface area contributed by atoms with E-state index in [-0.39, 0.29) is 12.4 Å². The Morgan fingerprint density at radius 2 is 1.95 bits per heavy atom. The summed E-state index contributed by atoms with van der Waals surface area (Å²) in [6.07, 6.45) is 0. The third-order valence-electron chi connectivity index (χ3n) is 2.84. The Kier molecular flexibility index (Phi) is 5.88. The normalized spacial score (nSPS) is 10.7. The molecule has 0 aliphatic carbocycles. The van der Waals surface area contributed by atoms with Gasteiger partial charge in [-0.3, -0.25) is 0 Å². The van der Waals surface area contributed by atoms with Crippen LogP contribution in [0.15, 0.2) is 34.8 Å². The zero-order valence-corrected chi connectivity index (χ0v) is 14.3. The minimum Gasteiger partial charge on any atom is -0.487 e. The Morgan fingerprint density at radius 1 is 1.19 bits per heavy atom. The highest BCUT2D eigenvalue weighted by molar-refractivity contribution is 9.10. The fourth-order valence-electron chi connectivity index (χ4n) is 1.89. The maximum Gasteiger partial charge on any atom is 0.142 e. The van der Waals surface area contributed by atoms with Crippen LogP contribution in [0.25, 0.3) is 0 Å². The molecule has 0 radical (unpaired) electrons. The van der Waals surface area contributed by atoms with Crippen LogP contribution in [0.1, 0.15) is 11.1 Å². The van der Waals surface area contributed by atoms with E-state index in [4.69, 9.17) is 27.9 Å². The van der Waals surface area contributed by atoms with Crippen molar-refractivity contribution in [3.05, 3.63) is 61.8 Å². The SMILES string of the molecule is CNCc1cc(Cl)cc(Cl)c1OCc1ccc(F)cc1Br. The van der Waals surface area contributed by atoms with Gasteiger partial charge in [-0.25, -0.2) is 4.39 Å². The van der Waals surface area contributed by atoms with Crippen LogP contribution in [0.3, 0.4) is 0 Å². The Balaban J connectivity index is 2.23. The molecule has 2 aromatic rings. The number of hydrogen-bond acceptors (Lipinski definition) is 2. The molecule has 0 atom stereocenters. The van der Waals surface area contributed by atoms with Gasteiger partial charge in [0.2, 0.25) is 0 Å². The summed E-state index contributed by atoms with van der Waals surface area (Å²) < 4.78 is 19.5. The molecule has 0 amide bonds. The topological polar surface area (TPSA) is 21.3 Å². The zero-order valence-electron chi connectivity index (χ0n) is 11.2. The van der Waals surface area contributed by atoms with E-state index in [0.717, 1.165) is 11.1 Å². The molecular weight excluding hydrogens is 380 g/mol. The second-order valence-corrected chi connectivity index (χ2v) is 6.13. The van der Waals surface area contributed by atoms with Gasteiger partial charge in [-0.1, -0.05) is 45.2 Å². The first-order valence-corrected chi connectivity index (χ1v) is 7.75. The molecule has 6 heteroatoms. The summed E-state index contributed by atoms with van der Waals surface area (Å²) in [7, 11) is 1.83. The van der Waals surface area contributed by atoms with Gasteiger partial charge in [0.1, 0.15) is 18.2 Å². The molecule has 2 aromatic carbocycles. The van der Waals surface area contributed by atoms with Gasteiger partial charge in [0.15, 0.2) is 0 Å². The summed E-state index contributed by atoms with van der Waals surface area (Å²) in [5, 5.41) is 4.05. The smallest absolute Gasteiger partial charge is 0.142 e. The molecule has 112 valence electrons. The van der Waals surface area contributed by atoms with Crippen molar-refractivity contribution < 1.29 is 9.13 Å². The van der Waals surface area contributed by atoms with E-state index in [9.17, 15) is 4.39 Å². The first-order valence-electron chi connectivity index (χ1n) is 6.20. The van der Waals surface area contributed by atoms with E-state index >= 15 is 0 Å². The Hall–Kier alpha value is -0.810. The van der Waals surface area contributed by atoms with E-state index in [1.165, 1.54) is 12.1 Å². The van der Waals surface area contributed by atoms with E-state index in [1.54, 1.807) is 18.2 Å². The lowest BCUT2D eigenvalue weighted by Crippen LogP contribution is -2.08.